The predicted molar refractivity (Wildman–Crippen MR) is 114 cm³/mol. The molecule has 0 amide bonds. The standard InChI is InChI=1S/C19H13ClN4O2S2/c20-19-22-10-14(28-19)9-21-16-7-6-13(24(25)26)8-15(16)18-23-17(11-27-18)12-4-2-1-3-5-12/h1-8,10-11,21H,9H2. The molecule has 2 aromatic heterocycles. The molecule has 0 aliphatic heterocycles. The van der Waals surface area contributed by atoms with E-state index in [1.165, 1.54) is 28.7 Å². The summed E-state index contributed by atoms with van der Waals surface area (Å²) < 4.78 is 0.480. The first kappa shape index (κ1) is 18.5. The molecule has 6 nitrogen and oxygen atoms in total. The maximum Gasteiger partial charge on any atom is 0.270 e. The molecule has 0 aliphatic rings. The van der Waals surface area contributed by atoms with E-state index in [-0.39, 0.29) is 5.69 Å². The van der Waals surface area contributed by atoms with Gasteiger partial charge >= 0.3 is 0 Å². The normalized spacial score (nSPS) is 10.8. The van der Waals surface area contributed by atoms with E-state index in [1.54, 1.807) is 18.3 Å². The van der Waals surface area contributed by atoms with Gasteiger partial charge in [-0.3, -0.25) is 10.1 Å². The third-order valence-corrected chi connectivity index (χ3v) is 5.99. The Balaban J connectivity index is 1.68. The summed E-state index contributed by atoms with van der Waals surface area (Å²) in [6.07, 6.45) is 1.71. The predicted octanol–water partition coefficient (Wildman–Crippen LogP) is 6.11. The molecule has 140 valence electrons. The topological polar surface area (TPSA) is 81.0 Å². The van der Waals surface area contributed by atoms with Crippen LogP contribution in [0, 0.1) is 10.1 Å². The molecule has 0 unspecified atom stereocenters. The number of rotatable bonds is 6. The van der Waals surface area contributed by atoms with E-state index in [2.05, 4.69) is 10.3 Å². The van der Waals surface area contributed by atoms with Crippen molar-refractivity contribution in [1.82, 2.24) is 9.97 Å². The van der Waals surface area contributed by atoms with E-state index >= 15 is 0 Å². The number of nitrogens with one attached hydrogen (secondary N) is 1. The van der Waals surface area contributed by atoms with Crippen molar-refractivity contribution in [3.63, 3.8) is 0 Å². The first-order valence-electron chi connectivity index (χ1n) is 8.24. The molecule has 9 heteroatoms. The van der Waals surface area contributed by atoms with E-state index in [0.29, 0.717) is 21.6 Å². The van der Waals surface area contributed by atoms with Crippen LogP contribution in [0.5, 0.6) is 0 Å². The van der Waals surface area contributed by atoms with Crippen LogP contribution >= 0.6 is 34.3 Å². The van der Waals surface area contributed by atoms with Crippen LogP contribution in [0.15, 0.2) is 60.1 Å². The third kappa shape index (κ3) is 4.04. The van der Waals surface area contributed by atoms with Gasteiger partial charge in [-0.2, -0.15) is 0 Å². The molecule has 0 radical (unpaired) electrons. The van der Waals surface area contributed by atoms with Gasteiger partial charge in [-0.15, -0.1) is 22.7 Å². The van der Waals surface area contributed by atoms with Crippen LogP contribution in [0.1, 0.15) is 4.88 Å². The summed E-state index contributed by atoms with van der Waals surface area (Å²) >= 11 is 8.72. The highest BCUT2D eigenvalue weighted by Crippen LogP contribution is 2.36. The highest BCUT2D eigenvalue weighted by Gasteiger charge is 2.16. The van der Waals surface area contributed by atoms with Crippen molar-refractivity contribution in [2.24, 2.45) is 0 Å². The average Bonchev–Trinajstić information content (AvgIpc) is 3.36. The van der Waals surface area contributed by atoms with Crippen molar-refractivity contribution >= 4 is 45.6 Å². The number of halogens is 1. The van der Waals surface area contributed by atoms with Gasteiger partial charge in [-0.05, 0) is 6.07 Å². The van der Waals surface area contributed by atoms with Crippen LogP contribution in [-0.2, 0) is 6.54 Å². The summed E-state index contributed by atoms with van der Waals surface area (Å²) in [5, 5.41) is 17.2. The van der Waals surface area contributed by atoms with Crippen LogP contribution in [0.25, 0.3) is 21.8 Å². The molecule has 2 heterocycles. The minimum atomic E-state index is -0.401. The van der Waals surface area contributed by atoms with Crippen LogP contribution in [0.3, 0.4) is 0 Å². The van der Waals surface area contributed by atoms with Gasteiger partial charge in [0.05, 0.1) is 17.2 Å². The average molecular weight is 429 g/mol. The van der Waals surface area contributed by atoms with Gasteiger partial charge in [0.1, 0.15) is 5.01 Å². The molecule has 0 bridgehead atoms. The third-order valence-electron chi connectivity index (χ3n) is 4.00. The number of non-ortho nitro benzene ring substituents is 1. The Labute approximate surface area is 173 Å². The molecule has 28 heavy (non-hydrogen) atoms. The number of aromatic nitrogens is 2. The smallest absolute Gasteiger partial charge is 0.270 e. The first-order valence-corrected chi connectivity index (χ1v) is 10.3. The van der Waals surface area contributed by atoms with Crippen LogP contribution in [0.2, 0.25) is 4.47 Å². The summed E-state index contributed by atoms with van der Waals surface area (Å²) in [4.78, 5) is 20.5. The lowest BCUT2D eigenvalue weighted by Gasteiger charge is -2.09. The van der Waals surface area contributed by atoms with Gasteiger partial charge in [0, 0.05) is 45.4 Å². The fourth-order valence-corrected chi connectivity index (χ4v) is 4.44. The van der Waals surface area contributed by atoms with Gasteiger partial charge in [0.25, 0.3) is 5.69 Å². The second-order valence-electron chi connectivity index (χ2n) is 5.82. The van der Waals surface area contributed by atoms with Crippen LogP contribution in [0.4, 0.5) is 11.4 Å². The zero-order valence-corrected chi connectivity index (χ0v) is 16.7. The Hall–Kier alpha value is -2.81. The first-order chi connectivity index (χ1) is 13.6. The van der Waals surface area contributed by atoms with Crippen molar-refractivity contribution in [3.8, 4) is 21.8 Å². The number of nitro groups is 1. The van der Waals surface area contributed by atoms with Crippen molar-refractivity contribution in [2.75, 3.05) is 5.32 Å². The van der Waals surface area contributed by atoms with Gasteiger partial charge in [0.2, 0.25) is 0 Å². The number of nitrogens with zero attached hydrogens (tertiary/aromatic N) is 3. The number of thiazole rings is 2. The van der Waals surface area contributed by atoms with E-state index in [4.69, 9.17) is 16.6 Å². The van der Waals surface area contributed by atoms with Gasteiger partial charge in [-0.1, -0.05) is 41.9 Å². The molecule has 0 spiro atoms. The highest BCUT2D eigenvalue weighted by molar-refractivity contribution is 7.15. The number of anilines is 1. The molecule has 0 aliphatic carbocycles. The SMILES string of the molecule is O=[N+]([O-])c1ccc(NCc2cnc(Cl)s2)c(-c2nc(-c3ccccc3)cs2)c1. The summed E-state index contributed by atoms with van der Waals surface area (Å²) in [5.74, 6) is 0. The highest BCUT2D eigenvalue weighted by atomic mass is 35.5. The number of hydrogen-bond donors (Lipinski definition) is 1. The second kappa shape index (κ2) is 8.05. The van der Waals surface area contributed by atoms with E-state index in [9.17, 15) is 10.1 Å². The Morgan fingerprint density at radius 1 is 1.18 bits per heavy atom. The molecule has 0 saturated carbocycles. The van der Waals surface area contributed by atoms with Crippen LogP contribution < -0.4 is 5.32 Å². The lowest BCUT2D eigenvalue weighted by atomic mass is 10.1. The Bertz CT molecular complexity index is 1130. The zero-order chi connectivity index (χ0) is 19.5. The van der Waals surface area contributed by atoms with E-state index in [1.807, 2.05) is 35.7 Å². The summed E-state index contributed by atoms with van der Waals surface area (Å²) in [6, 6.07) is 14.6. The largest absolute Gasteiger partial charge is 0.380 e. The molecular weight excluding hydrogens is 416 g/mol. The van der Waals surface area contributed by atoms with Gasteiger partial charge in [-0.25, -0.2) is 9.97 Å². The minimum absolute atomic E-state index is 0.0258. The lowest BCUT2D eigenvalue weighted by Crippen LogP contribution is -2.00. The maximum atomic E-state index is 11.3. The summed E-state index contributed by atoms with van der Waals surface area (Å²) in [5.41, 5.74) is 3.33. The second-order valence-corrected chi connectivity index (χ2v) is 8.38. The Morgan fingerprint density at radius 3 is 2.71 bits per heavy atom. The van der Waals surface area contributed by atoms with Gasteiger partial charge in [0.15, 0.2) is 4.47 Å². The van der Waals surface area contributed by atoms with Crippen molar-refractivity contribution in [3.05, 3.63) is 79.6 Å². The quantitative estimate of drug-likeness (QED) is 0.296. The molecule has 0 atom stereocenters. The zero-order valence-electron chi connectivity index (χ0n) is 14.3. The maximum absolute atomic E-state index is 11.3. The number of nitro benzene ring substituents is 1. The number of benzene rings is 2. The van der Waals surface area contributed by atoms with Crippen LogP contribution in [-0.4, -0.2) is 14.9 Å². The summed E-state index contributed by atoms with van der Waals surface area (Å²) in [6.45, 7) is 0.520. The molecule has 1 N–H and O–H groups in total. The fourth-order valence-electron chi connectivity index (χ4n) is 2.66. The Morgan fingerprint density at radius 2 is 2.00 bits per heavy atom. The molecular formula is C19H13ClN4O2S2. The molecule has 4 rings (SSSR count). The van der Waals surface area contributed by atoms with E-state index < -0.39 is 4.92 Å². The monoisotopic (exact) mass is 428 g/mol. The van der Waals surface area contributed by atoms with Crippen molar-refractivity contribution in [2.45, 2.75) is 6.54 Å². The lowest BCUT2D eigenvalue weighted by molar-refractivity contribution is -0.384. The molecule has 4 aromatic rings. The molecule has 2 aromatic carbocycles. The number of hydrogen-bond acceptors (Lipinski definition) is 7. The Kier molecular flexibility index (Phi) is 5.34. The summed E-state index contributed by atoms with van der Waals surface area (Å²) in [7, 11) is 0. The molecule has 0 fully saturated rings. The van der Waals surface area contributed by atoms with Gasteiger partial charge < -0.3 is 5.32 Å². The van der Waals surface area contributed by atoms with Crippen molar-refractivity contribution < 1.29 is 4.92 Å². The fraction of sp³-hybridized carbons (Fsp3) is 0.0526. The van der Waals surface area contributed by atoms with Crippen molar-refractivity contribution in [1.29, 1.82) is 0 Å². The minimum Gasteiger partial charge on any atom is -0.380 e. The molecule has 0 saturated heterocycles. The van der Waals surface area contributed by atoms with E-state index in [0.717, 1.165) is 21.8 Å².